The second-order valence-electron chi connectivity index (χ2n) is 8.52. The number of benzene rings is 3. The third kappa shape index (κ3) is 7.44. The van der Waals surface area contributed by atoms with Gasteiger partial charge in [0.1, 0.15) is 5.70 Å². The monoisotopic (exact) mass is 541 g/mol. The smallest absolute Gasteiger partial charge is 0.272 e. The highest BCUT2D eigenvalue weighted by Crippen LogP contribution is 2.23. The minimum Gasteiger partial charge on any atom is -0.325 e. The van der Waals surface area contributed by atoms with E-state index in [1.54, 1.807) is 42.5 Å². The molecule has 0 radical (unpaired) electrons. The van der Waals surface area contributed by atoms with Gasteiger partial charge in [-0.3, -0.25) is 14.4 Å². The molecule has 0 fully saturated rings. The fraction of sp³-hybridized carbons (Fsp3) is 0.100. The molecule has 192 valence electrons. The Morgan fingerprint density at radius 3 is 2.21 bits per heavy atom. The third-order valence-electron chi connectivity index (χ3n) is 5.61. The highest BCUT2D eigenvalue weighted by Gasteiger charge is 2.15. The standard InChI is InChI=1S/C30H27N3O3S2/c1-20-7-6-8-21(2)28(20)33-27(34)19-38-25-13-11-24(12-14-25)31-30(36)26(17-22-15-16-37-18-22)32-29(35)23-9-4-3-5-10-23/h3-18H,19H2,1-2H3,(H,31,36)(H,32,35)(H,33,34)/b26-17-. The number of amides is 3. The van der Waals surface area contributed by atoms with Gasteiger partial charge in [0.05, 0.1) is 5.75 Å². The number of rotatable bonds is 9. The Balaban J connectivity index is 1.37. The number of nitrogens with one attached hydrogen (secondary N) is 3. The Morgan fingerprint density at radius 2 is 1.55 bits per heavy atom. The van der Waals surface area contributed by atoms with Gasteiger partial charge < -0.3 is 16.0 Å². The maximum atomic E-state index is 13.1. The number of thioether (sulfide) groups is 1. The van der Waals surface area contributed by atoms with Crippen molar-refractivity contribution in [1.82, 2.24) is 5.32 Å². The topological polar surface area (TPSA) is 87.3 Å². The molecule has 4 rings (SSSR count). The molecule has 0 saturated carbocycles. The predicted molar refractivity (Wildman–Crippen MR) is 157 cm³/mol. The van der Waals surface area contributed by atoms with Crippen molar-refractivity contribution in [2.24, 2.45) is 0 Å². The molecular formula is C30H27N3O3S2. The van der Waals surface area contributed by atoms with Gasteiger partial charge in [0.15, 0.2) is 0 Å². The van der Waals surface area contributed by atoms with Gasteiger partial charge in [-0.05, 0) is 89.8 Å². The van der Waals surface area contributed by atoms with Crippen molar-refractivity contribution in [1.29, 1.82) is 0 Å². The predicted octanol–water partition coefficient (Wildman–Crippen LogP) is 6.51. The summed E-state index contributed by atoms with van der Waals surface area (Å²) >= 11 is 2.91. The lowest BCUT2D eigenvalue weighted by Crippen LogP contribution is -2.30. The van der Waals surface area contributed by atoms with Crippen molar-refractivity contribution in [3.8, 4) is 0 Å². The highest BCUT2D eigenvalue weighted by atomic mass is 32.2. The van der Waals surface area contributed by atoms with Crippen LogP contribution in [0.5, 0.6) is 0 Å². The minimum absolute atomic E-state index is 0.0813. The van der Waals surface area contributed by atoms with Crippen molar-refractivity contribution >= 4 is 58.3 Å². The fourth-order valence-electron chi connectivity index (χ4n) is 3.64. The zero-order chi connectivity index (χ0) is 26.9. The fourth-order valence-corrected chi connectivity index (χ4v) is 4.95. The third-order valence-corrected chi connectivity index (χ3v) is 7.32. The minimum atomic E-state index is -0.436. The molecule has 0 aliphatic carbocycles. The average Bonchev–Trinajstić information content (AvgIpc) is 3.44. The van der Waals surface area contributed by atoms with Gasteiger partial charge in [-0.15, -0.1) is 11.8 Å². The normalized spacial score (nSPS) is 11.1. The number of thiophene rings is 1. The van der Waals surface area contributed by atoms with Crippen LogP contribution in [0.2, 0.25) is 0 Å². The zero-order valence-corrected chi connectivity index (χ0v) is 22.6. The summed E-state index contributed by atoms with van der Waals surface area (Å²) in [6.45, 7) is 3.94. The molecule has 6 nitrogen and oxygen atoms in total. The van der Waals surface area contributed by atoms with E-state index >= 15 is 0 Å². The van der Waals surface area contributed by atoms with Crippen LogP contribution >= 0.6 is 23.1 Å². The Kier molecular flexibility index (Phi) is 9.13. The van der Waals surface area contributed by atoms with Gasteiger partial charge in [-0.2, -0.15) is 11.3 Å². The average molecular weight is 542 g/mol. The number of hydrogen-bond acceptors (Lipinski definition) is 5. The molecule has 0 atom stereocenters. The molecule has 0 unspecified atom stereocenters. The van der Waals surface area contributed by atoms with Crippen LogP contribution in [0.3, 0.4) is 0 Å². The quantitative estimate of drug-likeness (QED) is 0.167. The molecule has 0 aliphatic rings. The van der Waals surface area contributed by atoms with E-state index in [2.05, 4.69) is 16.0 Å². The number of para-hydroxylation sites is 1. The molecule has 0 aliphatic heterocycles. The number of aryl methyl sites for hydroxylation is 2. The Hall–Kier alpha value is -4.14. The van der Waals surface area contributed by atoms with Gasteiger partial charge in [0.2, 0.25) is 5.91 Å². The Labute approximate surface area is 230 Å². The van der Waals surface area contributed by atoms with Crippen LogP contribution in [0.1, 0.15) is 27.0 Å². The lowest BCUT2D eigenvalue weighted by Gasteiger charge is -2.12. The van der Waals surface area contributed by atoms with Gasteiger partial charge in [-0.25, -0.2) is 0 Å². The summed E-state index contributed by atoms with van der Waals surface area (Å²) in [5.74, 6) is -0.623. The maximum Gasteiger partial charge on any atom is 0.272 e. The first-order valence-electron chi connectivity index (χ1n) is 11.9. The molecule has 3 amide bonds. The van der Waals surface area contributed by atoms with Gasteiger partial charge in [-0.1, -0.05) is 36.4 Å². The van der Waals surface area contributed by atoms with Crippen LogP contribution in [-0.2, 0) is 9.59 Å². The summed E-state index contributed by atoms with van der Waals surface area (Å²) in [6.07, 6.45) is 1.64. The molecule has 1 aromatic heterocycles. The summed E-state index contributed by atoms with van der Waals surface area (Å²) in [6, 6.07) is 23.7. The number of carbonyl (C=O) groups excluding carboxylic acids is 3. The lowest BCUT2D eigenvalue weighted by molar-refractivity contribution is -0.114. The van der Waals surface area contributed by atoms with E-state index in [4.69, 9.17) is 0 Å². The van der Waals surface area contributed by atoms with Crippen molar-refractivity contribution in [2.75, 3.05) is 16.4 Å². The summed E-state index contributed by atoms with van der Waals surface area (Å²) < 4.78 is 0. The first kappa shape index (κ1) is 26.9. The van der Waals surface area contributed by atoms with Gasteiger partial charge in [0.25, 0.3) is 11.8 Å². The number of carbonyl (C=O) groups is 3. The van der Waals surface area contributed by atoms with Crippen LogP contribution in [0.4, 0.5) is 11.4 Å². The zero-order valence-electron chi connectivity index (χ0n) is 21.0. The molecule has 3 aromatic carbocycles. The molecule has 0 bridgehead atoms. The largest absolute Gasteiger partial charge is 0.325 e. The lowest BCUT2D eigenvalue weighted by atomic mass is 10.1. The van der Waals surface area contributed by atoms with E-state index in [1.165, 1.54) is 23.1 Å². The van der Waals surface area contributed by atoms with Crippen molar-refractivity contribution in [2.45, 2.75) is 18.7 Å². The van der Waals surface area contributed by atoms with E-state index in [-0.39, 0.29) is 23.3 Å². The summed E-state index contributed by atoms with van der Waals surface area (Å²) in [5, 5.41) is 12.4. The van der Waals surface area contributed by atoms with Crippen LogP contribution in [0, 0.1) is 13.8 Å². The summed E-state index contributed by atoms with van der Waals surface area (Å²) in [7, 11) is 0. The highest BCUT2D eigenvalue weighted by molar-refractivity contribution is 8.00. The van der Waals surface area contributed by atoms with E-state index in [1.807, 2.05) is 67.1 Å². The SMILES string of the molecule is Cc1cccc(C)c1NC(=O)CSc1ccc(NC(=O)/C(=C/c2ccsc2)NC(=O)c2ccccc2)cc1. The van der Waals surface area contributed by atoms with E-state index < -0.39 is 5.91 Å². The van der Waals surface area contributed by atoms with Gasteiger partial charge in [0, 0.05) is 21.8 Å². The Bertz CT molecular complexity index is 1430. The molecule has 38 heavy (non-hydrogen) atoms. The molecule has 1 heterocycles. The van der Waals surface area contributed by atoms with Crippen molar-refractivity contribution in [3.05, 3.63) is 118 Å². The summed E-state index contributed by atoms with van der Waals surface area (Å²) in [4.78, 5) is 39.1. The van der Waals surface area contributed by atoms with Crippen LogP contribution in [0.25, 0.3) is 6.08 Å². The Morgan fingerprint density at radius 1 is 0.842 bits per heavy atom. The van der Waals surface area contributed by atoms with Gasteiger partial charge >= 0.3 is 0 Å². The summed E-state index contributed by atoms with van der Waals surface area (Å²) in [5.41, 5.74) is 4.89. The van der Waals surface area contributed by atoms with Crippen LogP contribution in [-0.4, -0.2) is 23.5 Å². The van der Waals surface area contributed by atoms with E-state index in [9.17, 15) is 14.4 Å². The molecular weight excluding hydrogens is 514 g/mol. The second kappa shape index (κ2) is 12.9. The van der Waals surface area contributed by atoms with Crippen LogP contribution in [0.15, 0.2) is 100 Å². The van der Waals surface area contributed by atoms with E-state index in [0.717, 1.165) is 27.3 Å². The molecule has 3 N–H and O–H groups in total. The number of anilines is 2. The van der Waals surface area contributed by atoms with E-state index in [0.29, 0.717) is 11.3 Å². The molecule has 4 aromatic rings. The second-order valence-corrected chi connectivity index (χ2v) is 10.3. The van der Waals surface area contributed by atoms with Crippen molar-refractivity contribution in [3.63, 3.8) is 0 Å². The number of hydrogen-bond donors (Lipinski definition) is 3. The molecule has 0 saturated heterocycles. The first-order chi connectivity index (χ1) is 18.4. The van der Waals surface area contributed by atoms with Crippen LogP contribution < -0.4 is 16.0 Å². The molecule has 8 heteroatoms. The molecule has 0 spiro atoms. The maximum absolute atomic E-state index is 13.1. The first-order valence-corrected chi connectivity index (χ1v) is 13.8. The van der Waals surface area contributed by atoms with Crippen molar-refractivity contribution < 1.29 is 14.4 Å².